The Hall–Kier alpha value is -2.95. The Morgan fingerprint density at radius 3 is 2.64 bits per heavy atom. The minimum atomic E-state index is -0.334. The van der Waals surface area contributed by atoms with Crippen LogP contribution >= 0.6 is 0 Å². The number of benzene rings is 1. The molecule has 0 radical (unpaired) electrons. The minimum Gasteiger partial charge on any atom is -0.274 e. The van der Waals surface area contributed by atoms with Gasteiger partial charge in [0.1, 0.15) is 5.70 Å². The van der Waals surface area contributed by atoms with Gasteiger partial charge >= 0.3 is 6.03 Å². The first kappa shape index (κ1) is 12.8. The summed E-state index contributed by atoms with van der Waals surface area (Å²) in [5, 5.41) is 0. The molecule has 1 fully saturated rings. The van der Waals surface area contributed by atoms with Gasteiger partial charge in [0.2, 0.25) is 0 Å². The van der Waals surface area contributed by atoms with E-state index in [0.717, 1.165) is 11.3 Å². The van der Waals surface area contributed by atoms with Crippen molar-refractivity contribution in [3.63, 3.8) is 0 Å². The largest absolute Gasteiger partial charge is 0.337 e. The Kier molecular flexibility index (Phi) is 2.63. The third-order valence-electron chi connectivity index (χ3n) is 3.95. The number of allylic oxidation sites excluding steroid dienone is 2. The Labute approximate surface area is 127 Å². The summed E-state index contributed by atoms with van der Waals surface area (Å²) >= 11 is 0. The lowest BCUT2D eigenvalue weighted by Gasteiger charge is -2.29. The normalized spacial score (nSPS) is 23.0. The number of hydrogen-bond acceptors (Lipinski definition) is 3. The fraction of sp³-hybridized carbons (Fsp3) is 0.118. The summed E-state index contributed by atoms with van der Waals surface area (Å²) in [4.78, 5) is 32.4. The molecule has 1 saturated heterocycles. The van der Waals surface area contributed by atoms with Crippen LogP contribution in [0.5, 0.6) is 0 Å². The van der Waals surface area contributed by atoms with E-state index in [1.165, 1.54) is 16.0 Å². The first-order valence-corrected chi connectivity index (χ1v) is 7.04. The monoisotopic (exact) mass is 291 g/mol. The van der Waals surface area contributed by atoms with E-state index < -0.39 is 0 Å². The number of carbonyl (C=O) groups excluding carboxylic acids is 2. The van der Waals surface area contributed by atoms with Crippen LogP contribution in [-0.2, 0) is 4.79 Å². The lowest BCUT2D eigenvalue weighted by atomic mass is 9.99. The summed E-state index contributed by atoms with van der Waals surface area (Å²) in [7, 11) is 0. The number of amides is 3. The predicted molar refractivity (Wildman–Crippen MR) is 83.4 cm³/mol. The van der Waals surface area contributed by atoms with Gasteiger partial charge < -0.3 is 0 Å². The van der Waals surface area contributed by atoms with Gasteiger partial charge in [0.15, 0.2) is 0 Å². The fourth-order valence-corrected chi connectivity index (χ4v) is 2.87. The van der Waals surface area contributed by atoms with Crippen LogP contribution in [0.4, 0.5) is 10.5 Å². The zero-order valence-electron chi connectivity index (χ0n) is 11.9. The third-order valence-corrected chi connectivity index (χ3v) is 3.95. The van der Waals surface area contributed by atoms with Crippen molar-refractivity contribution in [3.05, 3.63) is 66.0 Å². The van der Waals surface area contributed by atoms with Gasteiger partial charge in [-0.2, -0.15) is 0 Å². The molecule has 5 nitrogen and oxygen atoms in total. The molecule has 0 spiro atoms. The highest BCUT2D eigenvalue weighted by Crippen LogP contribution is 2.33. The van der Waals surface area contributed by atoms with Gasteiger partial charge in [-0.05, 0) is 25.1 Å². The average molecular weight is 291 g/mol. The number of nitrogens with zero attached hydrogens (tertiary/aromatic N) is 3. The molecule has 0 N–H and O–H groups in total. The van der Waals surface area contributed by atoms with Crippen molar-refractivity contribution in [1.29, 1.82) is 0 Å². The van der Waals surface area contributed by atoms with Crippen molar-refractivity contribution >= 4 is 23.3 Å². The molecule has 0 saturated carbocycles. The molecule has 3 aliphatic rings. The molecular weight excluding hydrogens is 278 g/mol. The summed E-state index contributed by atoms with van der Waals surface area (Å²) in [6.45, 7) is 1.96. The van der Waals surface area contributed by atoms with E-state index in [2.05, 4.69) is 4.99 Å². The SMILES string of the molecule is CC1=CC2C(=NC=C3C(=O)N(c4ccccc4)C(=O)N32)C=C1. The van der Waals surface area contributed by atoms with Gasteiger partial charge in [-0.1, -0.05) is 35.9 Å². The van der Waals surface area contributed by atoms with Crippen LogP contribution < -0.4 is 4.90 Å². The van der Waals surface area contributed by atoms with Crippen molar-refractivity contribution in [2.24, 2.45) is 4.99 Å². The molecule has 1 aliphatic carbocycles. The molecule has 4 rings (SSSR count). The molecule has 22 heavy (non-hydrogen) atoms. The van der Waals surface area contributed by atoms with E-state index in [0.29, 0.717) is 11.4 Å². The zero-order valence-corrected chi connectivity index (χ0v) is 11.9. The highest BCUT2D eigenvalue weighted by atomic mass is 16.2. The predicted octanol–water partition coefficient (Wildman–Crippen LogP) is 2.64. The molecule has 1 atom stereocenters. The highest BCUT2D eigenvalue weighted by Gasteiger charge is 2.47. The first-order valence-electron chi connectivity index (χ1n) is 7.04. The maximum absolute atomic E-state index is 12.8. The molecule has 0 aromatic heterocycles. The van der Waals surface area contributed by atoms with Crippen molar-refractivity contribution in [3.8, 4) is 0 Å². The second-order valence-electron chi connectivity index (χ2n) is 5.39. The standard InChI is InChI=1S/C17H13N3O2/c1-11-7-8-13-14(9-11)20-15(10-18-13)16(21)19(17(20)22)12-5-3-2-4-6-12/h2-10,14H,1H3. The number of fused-ring (bicyclic) bond motifs is 3. The molecule has 1 aromatic rings. The van der Waals surface area contributed by atoms with Crippen LogP contribution in [-0.4, -0.2) is 28.6 Å². The highest BCUT2D eigenvalue weighted by molar-refractivity contribution is 6.28. The van der Waals surface area contributed by atoms with Crippen LogP contribution in [0.15, 0.2) is 71.0 Å². The van der Waals surface area contributed by atoms with Crippen LogP contribution in [0, 0.1) is 0 Å². The molecular formula is C17H13N3O2. The number of hydrogen-bond donors (Lipinski definition) is 0. The first-order chi connectivity index (χ1) is 10.7. The van der Waals surface area contributed by atoms with E-state index in [1.807, 2.05) is 31.2 Å². The van der Waals surface area contributed by atoms with E-state index >= 15 is 0 Å². The number of rotatable bonds is 1. The Morgan fingerprint density at radius 2 is 1.86 bits per heavy atom. The zero-order chi connectivity index (χ0) is 15.3. The maximum Gasteiger partial charge on any atom is 0.337 e. The summed E-state index contributed by atoms with van der Waals surface area (Å²) < 4.78 is 0. The number of imide groups is 1. The Balaban J connectivity index is 1.79. The van der Waals surface area contributed by atoms with Crippen molar-refractivity contribution in [2.75, 3.05) is 4.90 Å². The van der Waals surface area contributed by atoms with Crippen LogP contribution in [0.3, 0.4) is 0 Å². The molecule has 5 heteroatoms. The summed E-state index contributed by atoms with van der Waals surface area (Å²) in [6.07, 6.45) is 7.26. The number of carbonyl (C=O) groups is 2. The van der Waals surface area contributed by atoms with E-state index in [-0.39, 0.29) is 18.0 Å². The number of aliphatic imine (C=N–C) groups is 1. The number of anilines is 1. The summed E-state index contributed by atoms with van der Waals surface area (Å²) in [5.74, 6) is -0.334. The van der Waals surface area contributed by atoms with Gasteiger partial charge in [-0.3, -0.25) is 14.7 Å². The maximum atomic E-state index is 12.8. The quantitative estimate of drug-likeness (QED) is 0.747. The molecule has 0 bridgehead atoms. The smallest absolute Gasteiger partial charge is 0.274 e. The van der Waals surface area contributed by atoms with Gasteiger partial charge in [-0.25, -0.2) is 9.69 Å². The van der Waals surface area contributed by atoms with E-state index in [9.17, 15) is 9.59 Å². The lowest BCUT2D eigenvalue weighted by Crippen LogP contribution is -2.43. The molecule has 3 amide bonds. The molecule has 1 aromatic carbocycles. The van der Waals surface area contributed by atoms with Crippen LogP contribution in [0.25, 0.3) is 0 Å². The molecule has 108 valence electrons. The van der Waals surface area contributed by atoms with Crippen LogP contribution in [0.2, 0.25) is 0 Å². The van der Waals surface area contributed by atoms with Gasteiger partial charge in [-0.15, -0.1) is 0 Å². The van der Waals surface area contributed by atoms with Gasteiger partial charge in [0, 0.05) is 0 Å². The second-order valence-corrected chi connectivity index (χ2v) is 5.39. The Bertz CT molecular complexity index is 802. The molecule has 1 unspecified atom stereocenters. The summed E-state index contributed by atoms with van der Waals surface area (Å²) in [6, 6.07) is 8.31. The van der Waals surface area contributed by atoms with Gasteiger partial charge in [0.05, 0.1) is 23.6 Å². The molecule has 2 aliphatic heterocycles. The fourth-order valence-electron chi connectivity index (χ4n) is 2.87. The second kappa shape index (κ2) is 4.53. The number of para-hydroxylation sites is 1. The van der Waals surface area contributed by atoms with Crippen molar-refractivity contribution in [1.82, 2.24) is 4.90 Å². The number of urea groups is 1. The van der Waals surface area contributed by atoms with Crippen LogP contribution in [0.1, 0.15) is 6.92 Å². The lowest BCUT2D eigenvalue weighted by molar-refractivity contribution is -0.114. The van der Waals surface area contributed by atoms with Crippen molar-refractivity contribution < 1.29 is 9.59 Å². The average Bonchev–Trinajstić information content (AvgIpc) is 2.79. The third kappa shape index (κ3) is 1.69. The topological polar surface area (TPSA) is 53.0 Å². The van der Waals surface area contributed by atoms with E-state index in [1.54, 1.807) is 24.3 Å². The summed E-state index contributed by atoms with van der Waals surface area (Å²) in [5.41, 5.74) is 2.71. The Morgan fingerprint density at radius 1 is 1.09 bits per heavy atom. The molecule has 2 heterocycles. The van der Waals surface area contributed by atoms with E-state index in [4.69, 9.17) is 0 Å². The van der Waals surface area contributed by atoms with Crippen molar-refractivity contribution in [2.45, 2.75) is 13.0 Å². The minimum absolute atomic E-state index is 0.310. The van der Waals surface area contributed by atoms with Gasteiger partial charge in [0.25, 0.3) is 5.91 Å².